The number of alkyl halides is 1. The average molecular weight is 231 g/mol. The number of fused-ring (bicyclic) bond motifs is 1. The van der Waals surface area contributed by atoms with Crippen molar-refractivity contribution in [3.8, 4) is 0 Å². The Labute approximate surface area is 94.3 Å². The van der Waals surface area contributed by atoms with Gasteiger partial charge in [0.2, 0.25) is 0 Å². The fraction of sp³-hybridized carbons (Fsp3) is 0.300. The highest BCUT2D eigenvalue weighted by Gasteiger charge is 2.04. The Morgan fingerprint density at radius 1 is 1.36 bits per heavy atom. The van der Waals surface area contributed by atoms with Crippen LogP contribution in [0.4, 0.5) is 0 Å². The van der Waals surface area contributed by atoms with Crippen LogP contribution in [0.2, 0.25) is 0 Å². The first-order valence-electron chi connectivity index (χ1n) is 4.29. The summed E-state index contributed by atoms with van der Waals surface area (Å²) in [6.07, 6.45) is 0.826. The van der Waals surface area contributed by atoms with Gasteiger partial charge in [0.05, 0.1) is 11.0 Å². The summed E-state index contributed by atoms with van der Waals surface area (Å²) in [6, 6.07) is 8.11. The predicted molar refractivity (Wildman–Crippen MR) is 62.4 cm³/mol. The molecule has 4 heteroatoms. The smallest absolute Gasteiger partial charge is 0.110 e. The van der Waals surface area contributed by atoms with E-state index in [1.54, 1.807) is 0 Å². The molecule has 0 bridgehead atoms. The molecule has 0 atom stereocenters. The standard InChI is InChI=1S/C10H11ClN2.ClH/c1-13-9-5-3-2-4-8(9)12-10(13)6-7-11;/h2-5H,6-7H2,1H3;1H. The summed E-state index contributed by atoms with van der Waals surface area (Å²) in [7, 11) is 2.03. The second-order valence-electron chi connectivity index (χ2n) is 3.01. The normalized spacial score (nSPS) is 10.1. The van der Waals surface area contributed by atoms with Crippen LogP contribution in [0.5, 0.6) is 0 Å². The van der Waals surface area contributed by atoms with Gasteiger partial charge in [-0.25, -0.2) is 4.98 Å². The number of aromatic nitrogens is 2. The van der Waals surface area contributed by atoms with Crippen LogP contribution in [0.3, 0.4) is 0 Å². The largest absolute Gasteiger partial charge is 0.331 e. The lowest BCUT2D eigenvalue weighted by Crippen LogP contribution is -1.98. The molecule has 76 valence electrons. The summed E-state index contributed by atoms with van der Waals surface area (Å²) in [6.45, 7) is 0. The Hall–Kier alpha value is -0.730. The number of para-hydroxylation sites is 2. The first kappa shape index (κ1) is 11.3. The van der Waals surface area contributed by atoms with E-state index in [1.165, 1.54) is 5.52 Å². The monoisotopic (exact) mass is 230 g/mol. The zero-order valence-corrected chi connectivity index (χ0v) is 9.48. The lowest BCUT2D eigenvalue weighted by atomic mass is 10.3. The summed E-state index contributed by atoms with van der Waals surface area (Å²) >= 11 is 5.68. The third-order valence-corrected chi connectivity index (χ3v) is 2.39. The van der Waals surface area contributed by atoms with Crippen LogP contribution >= 0.6 is 24.0 Å². The van der Waals surface area contributed by atoms with E-state index in [4.69, 9.17) is 11.6 Å². The maximum atomic E-state index is 5.68. The number of benzene rings is 1. The summed E-state index contributed by atoms with van der Waals surface area (Å²) in [5.74, 6) is 1.67. The van der Waals surface area contributed by atoms with Crippen molar-refractivity contribution in [3.63, 3.8) is 0 Å². The number of halogens is 2. The highest BCUT2D eigenvalue weighted by atomic mass is 35.5. The van der Waals surface area contributed by atoms with Crippen LogP contribution in [0.1, 0.15) is 5.82 Å². The summed E-state index contributed by atoms with van der Waals surface area (Å²) in [5.41, 5.74) is 2.22. The van der Waals surface area contributed by atoms with Crippen molar-refractivity contribution in [1.82, 2.24) is 9.55 Å². The molecule has 0 N–H and O–H groups in total. The van der Waals surface area contributed by atoms with Gasteiger partial charge in [-0.2, -0.15) is 0 Å². The molecule has 0 unspecified atom stereocenters. The minimum atomic E-state index is 0. The van der Waals surface area contributed by atoms with Crippen LogP contribution in [0.25, 0.3) is 11.0 Å². The van der Waals surface area contributed by atoms with E-state index in [1.807, 2.05) is 25.2 Å². The van der Waals surface area contributed by atoms with E-state index < -0.39 is 0 Å². The lowest BCUT2D eigenvalue weighted by Gasteiger charge is -1.98. The zero-order chi connectivity index (χ0) is 9.26. The first-order chi connectivity index (χ1) is 6.33. The fourth-order valence-corrected chi connectivity index (χ4v) is 1.67. The fourth-order valence-electron chi connectivity index (χ4n) is 1.50. The molecular formula is C10H12Cl2N2. The molecule has 0 amide bonds. The van der Waals surface area contributed by atoms with Gasteiger partial charge in [0, 0.05) is 19.3 Å². The van der Waals surface area contributed by atoms with Gasteiger partial charge in [-0.3, -0.25) is 0 Å². The number of imidazole rings is 1. The van der Waals surface area contributed by atoms with E-state index >= 15 is 0 Å². The Morgan fingerprint density at radius 2 is 2.07 bits per heavy atom. The number of nitrogens with zero attached hydrogens (tertiary/aromatic N) is 2. The quantitative estimate of drug-likeness (QED) is 0.726. The minimum Gasteiger partial charge on any atom is -0.331 e. The predicted octanol–water partition coefficient (Wildman–Crippen LogP) is 2.78. The lowest BCUT2D eigenvalue weighted by molar-refractivity contribution is 0.831. The summed E-state index contributed by atoms with van der Waals surface area (Å²) < 4.78 is 2.09. The van der Waals surface area contributed by atoms with Crippen LogP contribution in [0, 0.1) is 0 Å². The second-order valence-corrected chi connectivity index (χ2v) is 3.39. The van der Waals surface area contributed by atoms with E-state index in [9.17, 15) is 0 Å². The van der Waals surface area contributed by atoms with E-state index in [2.05, 4.69) is 15.6 Å². The maximum absolute atomic E-state index is 5.68. The topological polar surface area (TPSA) is 17.8 Å². The van der Waals surface area contributed by atoms with Gasteiger partial charge < -0.3 is 4.57 Å². The summed E-state index contributed by atoms with van der Waals surface area (Å²) in [5, 5.41) is 0. The molecule has 0 spiro atoms. The van der Waals surface area contributed by atoms with E-state index in [0.29, 0.717) is 5.88 Å². The highest BCUT2D eigenvalue weighted by Crippen LogP contribution is 2.14. The van der Waals surface area contributed by atoms with E-state index in [-0.39, 0.29) is 12.4 Å². The summed E-state index contributed by atoms with van der Waals surface area (Å²) in [4.78, 5) is 4.48. The van der Waals surface area contributed by atoms with Crippen molar-refractivity contribution in [2.45, 2.75) is 6.42 Å². The molecule has 2 aromatic rings. The van der Waals surface area contributed by atoms with Crippen molar-refractivity contribution in [1.29, 1.82) is 0 Å². The minimum absolute atomic E-state index is 0. The van der Waals surface area contributed by atoms with Gasteiger partial charge >= 0.3 is 0 Å². The van der Waals surface area contributed by atoms with Crippen molar-refractivity contribution in [2.24, 2.45) is 7.05 Å². The first-order valence-corrected chi connectivity index (χ1v) is 4.82. The van der Waals surface area contributed by atoms with Gasteiger partial charge in [0.1, 0.15) is 5.82 Å². The van der Waals surface area contributed by atoms with Gasteiger partial charge in [-0.15, -0.1) is 24.0 Å². The third kappa shape index (κ3) is 1.86. The Morgan fingerprint density at radius 3 is 2.71 bits per heavy atom. The van der Waals surface area contributed by atoms with Crippen molar-refractivity contribution >= 4 is 35.0 Å². The van der Waals surface area contributed by atoms with Gasteiger partial charge in [0.15, 0.2) is 0 Å². The van der Waals surface area contributed by atoms with Crippen molar-refractivity contribution < 1.29 is 0 Å². The molecule has 0 radical (unpaired) electrons. The number of hydrogen-bond donors (Lipinski definition) is 0. The van der Waals surface area contributed by atoms with Crippen LogP contribution in [0.15, 0.2) is 24.3 Å². The maximum Gasteiger partial charge on any atom is 0.110 e. The van der Waals surface area contributed by atoms with Gasteiger partial charge in [-0.1, -0.05) is 12.1 Å². The van der Waals surface area contributed by atoms with Crippen molar-refractivity contribution in [2.75, 3.05) is 5.88 Å². The van der Waals surface area contributed by atoms with Gasteiger partial charge in [0.25, 0.3) is 0 Å². The van der Waals surface area contributed by atoms with Gasteiger partial charge in [-0.05, 0) is 12.1 Å². The number of hydrogen-bond acceptors (Lipinski definition) is 1. The number of aryl methyl sites for hydroxylation is 2. The zero-order valence-electron chi connectivity index (χ0n) is 7.90. The van der Waals surface area contributed by atoms with E-state index in [0.717, 1.165) is 17.8 Å². The molecule has 1 heterocycles. The highest BCUT2D eigenvalue weighted by molar-refractivity contribution is 6.17. The molecule has 0 aliphatic heterocycles. The third-order valence-electron chi connectivity index (χ3n) is 2.20. The molecule has 0 saturated heterocycles. The molecule has 2 rings (SSSR count). The average Bonchev–Trinajstić information content (AvgIpc) is 2.46. The Balaban J connectivity index is 0.000000980. The molecule has 0 aliphatic rings. The van der Waals surface area contributed by atoms with Crippen molar-refractivity contribution in [3.05, 3.63) is 30.1 Å². The molecule has 2 nitrogen and oxygen atoms in total. The molecule has 0 saturated carbocycles. The van der Waals surface area contributed by atoms with Crippen LogP contribution in [-0.2, 0) is 13.5 Å². The van der Waals surface area contributed by atoms with Crippen LogP contribution in [-0.4, -0.2) is 15.4 Å². The molecule has 14 heavy (non-hydrogen) atoms. The molecule has 0 fully saturated rings. The SMILES string of the molecule is Cl.Cn1c(CCCl)nc2ccccc21. The molecule has 0 aliphatic carbocycles. The Bertz CT molecular complexity index is 423. The second kappa shape index (κ2) is 4.67. The number of rotatable bonds is 2. The van der Waals surface area contributed by atoms with Crippen LogP contribution < -0.4 is 0 Å². The Kier molecular flexibility index (Phi) is 3.78. The molecule has 1 aromatic carbocycles. The molecule has 1 aromatic heterocycles. The molecular weight excluding hydrogens is 219 g/mol.